The van der Waals surface area contributed by atoms with Gasteiger partial charge in [-0.1, -0.05) is 20.8 Å². The third-order valence-electron chi connectivity index (χ3n) is 2.25. The molecule has 0 saturated carbocycles. The van der Waals surface area contributed by atoms with Crippen LogP contribution >= 0.6 is 0 Å². The first-order valence-corrected chi connectivity index (χ1v) is 6.01. The maximum atomic E-state index is 5.39. The highest BCUT2D eigenvalue weighted by atomic mass is 16.5. The molecule has 86 valence electrons. The van der Waals surface area contributed by atoms with Gasteiger partial charge in [-0.25, -0.2) is 0 Å². The quantitative estimate of drug-likeness (QED) is 0.579. The summed E-state index contributed by atoms with van der Waals surface area (Å²) in [6, 6.07) is 0.640. The van der Waals surface area contributed by atoms with Gasteiger partial charge in [-0.3, -0.25) is 0 Å². The van der Waals surface area contributed by atoms with Crippen LogP contribution in [-0.4, -0.2) is 25.8 Å². The zero-order chi connectivity index (χ0) is 10.8. The molecule has 0 aromatic rings. The summed E-state index contributed by atoms with van der Waals surface area (Å²) in [5.41, 5.74) is 0. The lowest BCUT2D eigenvalue weighted by Gasteiger charge is -2.20. The Morgan fingerprint density at radius 3 is 2.43 bits per heavy atom. The van der Waals surface area contributed by atoms with Crippen molar-refractivity contribution in [2.24, 2.45) is 5.92 Å². The van der Waals surface area contributed by atoms with Gasteiger partial charge in [0.15, 0.2) is 0 Å². The first-order chi connectivity index (χ1) is 6.70. The van der Waals surface area contributed by atoms with E-state index in [0.717, 1.165) is 32.1 Å². The molecule has 0 heterocycles. The summed E-state index contributed by atoms with van der Waals surface area (Å²) in [5.74, 6) is 0.769. The monoisotopic (exact) mass is 201 g/mol. The molecule has 0 aromatic heterocycles. The summed E-state index contributed by atoms with van der Waals surface area (Å²) in [4.78, 5) is 0. The van der Waals surface area contributed by atoms with Crippen molar-refractivity contribution < 1.29 is 4.74 Å². The molecule has 0 aliphatic rings. The summed E-state index contributed by atoms with van der Waals surface area (Å²) >= 11 is 0. The van der Waals surface area contributed by atoms with Gasteiger partial charge in [0, 0.05) is 19.3 Å². The molecule has 14 heavy (non-hydrogen) atoms. The number of hydrogen-bond acceptors (Lipinski definition) is 2. The fourth-order valence-corrected chi connectivity index (χ4v) is 1.59. The number of rotatable bonds is 9. The number of hydrogen-bond donors (Lipinski definition) is 1. The van der Waals surface area contributed by atoms with E-state index in [9.17, 15) is 0 Å². The fourth-order valence-electron chi connectivity index (χ4n) is 1.59. The zero-order valence-corrected chi connectivity index (χ0v) is 10.3. The predicted molar refractivity (Wildman–Crippen MR) is 62.6 cm³/mol. The molecule has 1 atom stereocenters. The van der Waals surface area contributed by atoms with Gasteiger partial charge in [0.25, 0.3) is 0 Å². The average Bonchev–Trinajstić information content (AvgIpc) is 2.13. The van der Waals surface area contributed by atoms with Crippen molar-refractivity contribution in [3.05, 3.63) is 0 Å². The van der Waals surface area contributed by atoms with Crippen LogP contribution in [0.5, 0.6) is 0 Å². The molecule has 2 nitrogen and oxygen atoms in total. The smallest absolute Gasteiger partial charge is 0.0480 e. The van der Waals surface area contributed by atoms with E-state index in [1.807, 2.05) is 0 Å². The molecule has 0 spiro atoms. The molecule has 2 heteroatoms. The lowest BCUT2D eigenvalue weighted by Crippen LogP contribution is -2.32. The Morgan fingerprint density at radius 2 is 1.93 bits per heavy atom. The Kier molecular flexibility index (Phi) is 9.42. The summed E-state index contributed by atoms with van der Waals surface area (Å²) < 4.78 is 5.39. The van der Waals surface area contributed by atoms with E-state index < -0.39 is 0 Å². The van der Waals surface area contributed by atoms with Gasteiger partial charge in [-0.2, -0.15) is 0 Å². The summed E-state index contributed by atoms with van der Waals surface area (Å²) in [7, 11) is 0. The van der Waals surface area contributed by atoms with E-state index in [2.05, 4.69) is 33.0 Å². The Labute approximate surface area is 89.4 Å². The molecule has 0 rings (SSSR count). The van der Waals surface area contributed by atoms with Gasteiger partial charge in [0.05, 0.1) is 0 Å². The minimum atomic E-state index is 0.640. The van der Waals surface area contributed by atoms with Crippen molar-refractivity contribution in [2.75, 3.05) is 19.8 Å². The van der Waals surface area contributed by atoms with Crippen LogP contribution in [0.4, 0.5) is 0 Å². The lowest BCUT2D eigenvalue weighted by atomic mass is 10.0. The van der Waals surface area contributed by atoms with E-state index in [1.165, 1.54) is 12.8 Å². The molecule has 0 aromatic carbocycles. The Hall–Kier alpha value is -0.0800. The molecule has 0 aliphatic carbocycles. The standard InChI is InChI=1S/C12H27NO/c1-5-8-13-12(10-11(3)4)7-9-14-6-2/h11-13H,5-10H2,1-4H3. The molecule has 1 unspecified atom stereocenters. The second-order valence-electron chi connectivity index (χ2n) is 4.27. The molecule has 0 saturated heterocycles. The first-order valence-electron chi connectivity index (χ1n) is 6.01. The van der Waals surface area contributed by atoms with Gasteiger partial charge >= 0.3 is 0 Å². The Balaban J connectivity index is 3.61. The minimum absolute atomic E-state index is 0.640. The van der Waals surface area contributed by atoms with Gasteiger partial charge in [0.1, 0.15) is 0 Å². The molecular formula is C12H27NO. The summed E-state index contributed by atoms with van der Waals surface area (Å²) in [6.45, 7) is 11.7. The second-order valence-corrected chi connectivity index (χ2v) is 4.27. The maximum Gasteiger partial charge on any atom is 0.0480 e. The third kappa shape index (κ3) is 8.52. The van der Waals surface area contributed by atoms with Crippen LogP contribution in [0.1, 0.15) is 47.0 Å². The number of ether oxygens (including phenoxy) is 1. The van der Waals surface area contributed by atoms with Crippen LogP contribution in [0.3, 0.4) is 0 Å². The van der Waals surface area contributed by atoms with Crippen LogP contribution in [0.25, 0.3) is 0 Å². The van der Waals surface area contributed by atoms with Crippen molar-refractivity contribution >= 4 is 0 Å². The largest absolute Gasteiger partial charge is 0.382 e. The van der Waals surface area contributed by atoms with Crippen LogP contribution in [-0.2, 0) is 4.74 Å². The van der Waals surface area contributed by atoms with E-state index in [4.69, 9.17) is 4.74 Å². The van der Waals surface area contributed by atoms with Crippen molar-refractivity contribution in [2.45, 2.75) is 53.0 Å². The average molecular weight is 201 g/mol. The summed E-state index contributed by atoms with van der Waals surface area (Å²) in [6.07, 6.45) is 3.61. The van der Waals surface area contributed by atoms with E-state index >= 15 is 0 Å². The molecule has 0 bridgehead atoms. The van der Waals surface area contributed by atoms with E-state index in [1.54, 1.807) is 0 Å². The highest BCUT2D eigenvalue weighted by Gasteiger charge is 2.09. The highest BCUT2D eigenvalue weighted by Crippen LogP contribution is 2.08. The third-order valence-corrected chi connectivity index (χ3v) is 2.25. The molecule has 1 N–H and O–H groups in total. The van der Waals surface area contributed by atoms with E-state index in [0.29, 0.717) is 6.04 Å². The second kappa shape index (κ2) is 9.47. The van der Waals surface area contributed by atoms with Crippen molar-refractivity contribution in [3.8, 4) is 0 Å². The SMILES string of the molecule is CCCNC(CCOCC)CC(C)C. The zero-order valence-electron chi connectivity index (χ0n) is 10.3. The van der Waals surface area contributed by atoms with Gasteiger partial charge in [-0.05, 0) is 38.6 Å². The Bertz CT molecular complexity index is 115. The molecule has 0 radical (unpaired) electrons. The van der Waals surface area contributed by atoms with E-state index in [-0.39, 0.29) is 0 Å². The number of nitrogens with one attached hydrogen (secondary N) is 1. The van der Waals surface area contributed by atoms with Gasteiger partial charge in [0.2, 0.25) is 0 Å². The van der Waals surface area contributed by atoms with Crippen molar-refractivity contribution in [1.82, 2.24) is 5.32 Å². The fraction of sp³-hybridized carbons (Fsp3) is 1.00. The van der Waals surface area contributed by atoms with Crippen molar-refractivity contribution in [1.29, 1.82) is 0 Å². The topological polar surface area (TPSA) is 21.3 Å². The first kappa shape index (κ1) is 13.9. The molecular weight excluding hydrogens is 174 g/mol. The van der Waals surface area contributed by atoms with Crippen LogP contribution in [0.2, 0.25) is 0 Å². The molecule has 0 fully saturated rings. The van der Waals surface area contributed by atoms with Crippen LogP contribution < -0.4 is 5.32 Å². The lowest BCUT2D eigenvalue weighted by molar-refractivity contribution is 0.133. The van der Waals surface area contributed by atoms with Gasteiger partial charge < -0.3 is 10.1 Å². The van der Waals surface area contributed by atoms with Crippen LogP contribution in [0, 0.1) is 5.92 Å². The highest BCUT2D eigenvalue weighted by molar-refractivity contribution is 4.68. The van der Waals surface area contributed by atoms with Crippen molar-refractivity contribution in [3.63, 3.8) is 0 Å². The normalized spacial score (nSPS) is 13.5. The van der Waals surface area contributed by atoms with Gasteiger partial charge in [-0.15, -0.1) is 0 Å². The molecule has 0 aliphatic heterocycles. The Morgan fingerprint density at radius 1 is 1.21 bits per heavy atom. The minimum Gasteiger partial charge on any atom is -0.382 e. The summed E-state index contributed by atoms with van der Waals surface area (Å²) in [5, 5.41) is 3.58. The van der Waals surface area contributed by atoms with Crippen LogP contribution in [0.15, 0.2) is 0 Å². The maximum absolute atomic E-state index is 5.39. The predicted octanol–water partition coefficient (Wildman–Crippen LogP) is 2.83. The molecule has 0 amide bonds.